The lowest BCUT2D eigenvalue weighted by Gasteiger charge is -2.27. The number of hydrogen-bond acceptors (Lipinski definition) is 2. The minimum Gasteiger partial charge on any atom is -0.309 e. The third-order valence-electron chi connectivity index (χ3n) is 4.36. The van der Waals surface area contributed by atoms with Gasteiger partial charge in [-0.1, -0.05) is 24.6 Å². The molecule has 1 aliphatic heterocycles. The standard InChI is InChI=1S/C17H28N2/c1-14-7-8-17(13-15(14)2)16(3)18-9-12-19-10-5-4-6-11-19/h7-8,13,16,18H,4-6,9-12H2,1-3H3. The van der Waals surface area contributed by atoms with Gasteiger partial charge < -0.3 is 10.2 Å². The second-order valence-electron chi connectivity index (χ2n) is 5.92. The van der Waals surface area contributed by atoms with Crippen LogP contribution >= 0.6 is 0 Å². The summed E-state index contributed by atoms with van der Waals surface area (Å²) in [6.45, 7) is 11.5. The number of nitrogens with one attached hydrogen (secondary N) is 1. The van der Waals surface area contributed by atoms with Crippen LogP contribution in [0.2, 0.25) is 0 Å². The van der Waals surface area contributed by atoms with Gasteiger partial charge in [0, 0.05) is 19.1 Å². The van der Waals surface area contributed by atoms with Crippen molar-refractivity contribution in [3.8, 4) is 0 Å². The summed E-state index contributed by atoms with van der Waals surface area (Å²) in [5, 5.41) is 3.65. The molecule has 0 spiro atoms. The molecule has 2 nitrogen and oxygen atoms in total. The summed E-state index contributed by atoms with van der Waals surface area (Å²) in [6.07, 6.45) is 4.18. The summed E-state index contributed by atoms with van der Waals surface area (Å²) < 4.78 is 0. The number of nitrogens with zero attached hydrogens (tertiary/aromatic N) is 1. The average molecular weight is 260 g/mol. The fourth-order valence-electron chi connectivity index (χ4n) is 2.77. The largest absolute Gasteiger partial charge is 0.309 e. The highest BCUT2D eigenvalue weighted by molar-refractivity contribution is 5.31. The Morgan fingerprint density at radius 1 is 1.11 bits per heavy atom. The van der Waals surface area contributed by atoms with Gasteiger partial charge in [0.05, 0.1) is 0 Å². The summed E-state index contributed by atoms with van der Waals surface area (Å²) >= 11 is 0. The van der Waals surface area contributed by atoms with Crippen molar-refractivity contribution in [3.05, 3.63) is 34.9 Å². The molecule has 0 bridgehead atoms. The first-order valence-corrected chi connectivity index (χ1v) is 7.69. The molecule has 0 amide bonds. The van der Waals surface area contributed by atoms with Gasteiger partial charge in [0.25, 0.3) is 0 Å². The maximum Gasteiger partial charge on any atom is 0.0292 e. The monoisotopic (exact) mass is 260 g/mol. The molecule has 0 aliphatic carbocycles. The number of rotatable bonds is 5. The molecule has 1 N–H and O–H groups in total. The van der Waals surface area contributed by atoms with Gasteiger partial charge in [-0.3, -0.25) is 0 Å². The Morgan fingerprint density at radius 3 is 2.53 bits per heavy atom. The highest BCUT2D eigenvalue weighted by Gasteiger charge is 2.10. The second-order valence-corrected chi connectivity index (χ2v) is 5.92. The number of benzene rings is 1. The van der Waals surface area contributed by atoms with E-state index < -0.39 is 0 Å². The highest BCUT2D eigenvalue weighted by Crippen LogP contribution is 2.16. The molecular formula is C17H28N2. The Labute approximate surface area is 118 Å². The number of piperidine rings is 1. The van der Waals surface area contributed by atoms with E-state index >= 15 is 0 Å². The van der Waals surface area contributed by atoms with E-state index in [1.165, 1.54) is 55.6 Å². The van der Waals surface area contributed by atoms with Gasteiger partial charge in [-0.15, -0.1) is 0 Å². The predicted octanol–water partition coefficient (Wildman–Crippen LogP) is 3.44. The van der Waals surface area contributed by atoms with Crippen LogP contribution in [0, 0.1) is 13.8 Å². The van der Waals surface area contributed by atoms with Crippen LogP contribution in [0.25, 0.3) is 0 Å². The quantitative estimate of drug-likeness (QED) is 0.872. The zero-order valence-corrected chi connectivity index (χ0v) is 12.7. The van der Waals surface area contributed by atoms with Crippen molar-refractivity contribution in [1.29, 1.82) is 0 Å². The minimum absolute atomic E-state index is 0.448. The van der Waals surface area contributed by atoms with Crippen molar-refractivity contribution in [2.24, 2.45) is 0 Å². The molecule has 1 saturated heterocycles. The Morgan fingerprint density at radius 2 is 1.84 bits per heavy atom. The van der Waals surface area contributed by atoms with Crippen molar-refractivity contribution in [3.63, 3.8) is 0 Å². The van der Waals surface area contributed by atoms with Crippen LogP contribution in [0.15, 0.2) is 18.2 Å². The summed E-state index contributed by atoms with van der Waals surface area (Å²) in [5.41, 5.74) is 4.17. The van der Waals surface area contributed by atoms with Gasteiger partial charge >= 0.3 is 0 Å². The first-order chi connectivity index (χ1) is 9.16. The van der Waals surface area contributed by atoms with Crippen LogP contribution in [-0.2, 0) is 0 Å². The molecule has 1 unspecified atom stereocenters. The summed E-state index contributed by atoms with van der Waals surface area (Å²) in [7, 11) is 0. The molecule has 1 aromatic rings. The van der Waals surface area contributed by atoms with Crippen LogP contribution < -0.4 is 5.32 Å². The molecule has 2 rings (SSSR count). The van der Waals surface area contributed by atoms with Crippen LogP contribution in [0.1, 0.15) is 48.9 Å². The maximum absolute atomic E-state index is 3.65. The molecule has 0 aromatic heterocycles. The van der Waals surface area contributed by atoms with E-state index in [2.05, 4.69) is 49.2 Å². The smallest absolute Gasteiger partial charge is 0.0292 e. The van der Waals surface area contributed by atoms with Crippen LogP contribution in [0.5, 0.6) is 0 Å². The number of aryl methyl sites for hydroxylation is 2. The van der Waals surface area contributed by atoms with Crippen molar-refractivity contribution in [2.75, 3.05) is 26.2 Å². The number of hydrogen-bond donors (Lipinski definition) is 1. The zero-order chi connectivity index (χ0) is 13.7. The van der Waals surface area contributed by atoms with E-state index in [1.54, 1.807) is 0 Å². The van der Waals surface area contributed by atoms with E-state index in [-0.39, 0.29) is 0 Å². The van der Waals surface area contributed by atoms with Crippen LogP contribution in [0.4, 0.5) is 0 Å². The first kappa shape index (κ1) is 14.5. The Balaban J connectivity index is 1.76. The summed E-state index contributed by atoms with van der Waals surface area (Å²) in [5.74, 6) is 0. The zero-order valence-electron chi connectivity index (χ0n) is 12.7. The average Bonchev–Trinajstić information content (AvgIpc) is 2.43. The van der Waals surface area contributed by atoms with Gasteiger partial charge in [0.15, 0.2) is 0 Å². The molecule has 0 radical (unpaired) electrons. The second kappa shape index (κ2) is 7.06. The number of likely N-dealkylation sites (tertiary alicyclic amines) is 1. The van der Waals surface area contributed by atoms with E-state index in [0.29, 0.717) is 6.04 Å². The maximum atomic E-state index is 3.65. The molecule has 1 heterocycles. The lowest BCUT2D eigenvalue weighted by atomic mass is 10.0. The topological polar surface area (TPSA) is 15.3 Å². The summed E-state index contributed by atoms with van der Waals surface area (Å²) in [4.78, 5) is 2.59. The van der Waals surface area contributed by atoms with E-state index in [0.717, 1.165) is 6.54 Å². The summed E-state index contributed by atoms with van der Waals surface area (Å²) in [6, 6.07) is 7.24. The minimum atomic E-state index is 0.448. The molecule has 1 aromatic carbocycles. The molecule has 1 fully saturated rings. The predicted molar refractivity (Wildman–Crippen MR) is 82.6 cm³/mol. The SMILES string of the molecule is Cc1ccc(C(C)NCCN2CCCCC2)cc1C. The Kier molecular flexibility index (Phi) is 5.41. The van der Waals surface area contributed by atoms with Gasteiger partial charge in [0.1, 0.15) is 0 Å². The molecule has 19 heavy (non-hydrogen) atoms. The molecule has 0 saturated carbocycles. The van der Waals surface area contributed by atoms with Crippen LogP contribution in [-0.4, -0.2) is 31.1 Å². The van der Waals surface area contributed by atoms with Crippen LogP contribution in [0.3, 0.4) is 0 Å². The first-order valence-electron chi connectivity index (χ1n) is 7.69. The normalized spacial score (nSPS) is 18.5. The van der Waals surface area contributed by atoms with E-state index in [1.807, 2.05) is 0 Å². The van der Waals surface area contributed by atoms with Gasteiger partial charge in [-0.2, -0.15) is 0 Å². The fourth-order valence-corrected chi connectivity index (χ4v) is 2.77. The Hall–Kier alpha value is -0.860. The van der Waals surface area contributed by atoms with Crippen molar-refractivity contribution < 1.29 is 0 Å². The third kappa shape index (κ3) is 4.32. The third-order valence-corrected chi connectivity index (χ3v) is 4.36. The van der Waals surface area contributed by atoms with Gasteiger partial charge in [0.2, 0.25) is 0 Å². The molecule has 106 valence electrons. The fraction of sp³-hybridized carbons (Fsp3) is 0.647. The van der Waals surface area contributed by atoms with Crippen molar-refractivity contribution in [2.45, 2.75) is 46.1 Å². The van der Waals surface area contributed by atoms with Crippen molar-refractivity contribution >= 4 is 0 Å². The van der Waals surface area contributed by atoms with E-state index in [4.69, 9.17) is 0 Å². The van der Waals surface area contributed by atoms with Gasteiger partial charge in [-0.25, -0.2) is 0 Å². The molecule has 1 aliphatic rings. The lowest BCUT2D eigenvalue weighted by molar-refractivity contribution is 0.227. The molecule has 2 heteroatoms. The molecular weight excluding hydrogens is 232 g/mol. The van der Waals surface area contributed by atoms with Gasteiger partial charge in [-0.05, 0) is 63.4 Å². The van der Waals surface area contributed by atoms with Crippen molar-refractivity contribution in [1.82, 2.24) is 10.2 Å². The van der Waals surface area contributed by atoms with E-state index in [9.17, 15) is 0 Å². The molecule has 1 atom stereocenters. The highest BCUT2D eigenvalue weighted by atomic mass is 15.1. The lowest BCUT2D eigenvalue weighted by Crippen LogP contribution is -2.36. The Bertz CT molecular complexity index is 394.